The molecule has 0 spiro atoms. The van der Waals surface area contributed by atoms with Crippen LogP contribution in [0.15, 0.2) is 58.0 Å². The highest BCUT2D eigenvalue weighted by Crippen LogP contribution is 2.19. The molecule has 166 valence electrons. The minimum Gasteiger partial charge on any atom is -0.361 e. The summed E-state index contributed by atoms with van der Waals surface area (Å²) < 4.78 is 5.19. The zero-order chi connectivity index (χ0) is 20.8. The Hall–Kier alpha value is -2.13. The molecule has 0 saturated carbocycles. The molecule has 0 aliphatic carbocycles. The van der Waals surface area contributed by atoms with Gasteiger partial charge in [0.15, 0.2) is 5.96 Å². The Bertz CT molecular complexity index is 989. The first kappa shape index (κ1) is 23.5. The summed E-state index contributed by atoms with van der Waals surface area (Å²) in [6.07, 6.45) is 0.946. The van der Waals surface area contributed by atoms with Gasteiger partial charge in [0, 0.05) is 51.9 Å². The van der Waals surface area contributed by atoms with E-state index >= 15 is 0 Å². The van der Waals surface area contributed by atoms with Crippen LogP contribution in [-0.4, -0.2) is 60.2 Å². The molecule has 0 atom stereocenters. The van der Waals surface area contributed by atoms with Crippen molar-refractivity contribution in [1.82, 2.24) is 20.3 Å². The predicted molar refractivity (Wildman–Crippen MR) is 137 cm³/mol. The average Bonchev–Trinajstić information content (AvgIpc) is 3.18. The van der Waals surface area contributed by atoms with Crippen LogP contribution >= 0.6 is 24.0 Å². The molecule has 6 nitrogen and oxygen atoms in total. The minimum absolute atomic E-state index is 0. The summed E-state index contributed by atoms with van der Waals surface area (Å²) >= 11 is 0. The fraction of sp³-hybridized carbons (Fsp3) is 0.417. The average molecular weight is 533 g/mol. The van der Waals surface area contributed by atoms with Gasteiger partial charge in [0.05, 0.1) is 5.69 Å². The fourth-order valence-corrected chi connectivity index (χ4v) is 4.06. The number of aliphatic imine (C=N–C) groups is 1. The van der Waals surface area contributed by atoms with Gasteiger partial charge in [-0.15, -0.1) is 24.0 Å². The molecule has 1 N–H and O–H groups in total. The van der Waals surface area contributed by atoms with Gasteiger partial charge in [-0.1, -0.05) is 47.6 Å². The molecule has 1 aliphatic rings. The minimum atomic E-state index is 0. The van der Waals surface area contributed by atoms with E-state index in [1.54, 1.807) is 0 Å². The lowest BCUT2D eigenvalue weighted by Gasteiger charge is -2.36. The molecule has 2 aromatic carbocycles. The molecule has 1 aromatic heterocycles. The SMILES string of the molecule is CCNC(=NCCc1cccc2ccccc12)N1CCN(Cc2cc(C)on2)CC1.I. The van der Waals surface area contributed by atoms with Gasteiger partial charge in [-0.2, -0.15) is 0 Å². The van der Waals surface area contributed by atoms with Crippen LogP contribution in [0.25, 0.3) is 10.8 Å². The Kier molecular flexibility index (Phi) is 8.71. The van der Waals surface area contributed by atoms with Crippen molar-refractivity contribution in [2.75, 3.05) is 39.3 Å². The Morgan fingerprint density at radius 3 is 2.61 bits per heavy atom. The van der Waals surface area contributed by atoms with Gasteiger partial charge in [0.1, 0.15) is 5.76 Å². The summed E-state index contributed by atoms with van der Waals surface area (Å²) in [5.74, 6) is 1.89. The lowest BCUT2D eigenvalue weighted by molar-refractivity contribution is 0.169. The summed E-state index contributed by atoms with van der Waals surface area (Å²) in [6.45, 7) is 10.5. The molecule has 0 amide bonds. The number of hydrogen-bond donors (Lipinski definition) is 1. The van der Waals surface area contributed by atoms with Crippen LogP contribution in [0.2, 0.25) is 0 Å². The van der Waals surface area contributed by atoms with Crippen molar-refractivity contribution in [3.05, 3.63) is 65.5 Å². The van der Waals surface area contributed by atoms with Crippen LogP contribution in [0.1, 0.15) is 23.9 Å². The van der Waals surface area contributed by atoms with Crippen molar-refractivity contribution in [1.29, 1.82) is 0 Å². The van der Waals surface area contributed by atoms with E-state index in [9.17, 15) is 0 Å². The Morgan fingerprint density at radius 2 is 1.87 bits per heavy atom. The monoisotopic (exact) mass is 533 g/mol. The molecule has 2 heterocycles. The van der Waals surface area contributed by atoms with Crippen LogP contribution in [0.5, 0.6) is 0 Å². The molecule has 4 rings (SSSR count). The highest BCUT2D eigenvalue weighted by Gasteiger charge is 2.20. The van der Waals surface area contributed by atoms with Gasteiger partial charge in [-0.05, 0) is 36.6 Å². The molecule has 0 radical (unpaired) electrons. The third-order valence-corrected chi connectivity index (χ3v) is 5.59. The topological polar surface area (TPSA) is 56.9 Å². The van der Waals surface area contributed by atoms with E-state index < -0.39 is 0 Å². The van der Waals surface area contributed by atoms with E-state index in [4.69, 9.17) is 9.52 Å². The largest absolute Gasteiger partial charge is 0.361 e. The van der Waals surface area contributed by atoms with Crippen LogP contribution in [0, 0.1) is 6.92 Å². The lowest BCUT2D eigenvalue weighted by atomic mass is 10.0. The van der Waals surface area contributed by atoms with Crippen LogP contribution in [0.3, 0.4) is 0 Å². The van der Waals surface area contributed by atoms with E-state index in [0.29, 0.717) is 0 Å². The molecular formula is C24H32IN5O. The van der Waals surface area contributed by atoms with Crippen molar-refractivity contribution in [2.45, 2.75) is 26.8 Å². The first-order valence-electron chi connectivity index (χ1n) is 10.9. The quantitative estimate of drug-likeness (QED) is 0.294. The standard InChI is InChI=1S/C24H31N5O.HI/c1-3-25-24(26-12-11-21-9-6-8-20-7-4-5-10-23(20)21)29-15-13-28(14-16-29)18-22-17-19(2)30-27-22;/h4-10,17H,3,11-16,18H2,1-2H3,(H,25,26);1H. The second-order valence-electron chi connectivity index (χ2n) is 7.82. The summed E-state index contributed by atoms with van der Waals surface area (Å²) in [5.41, 5.74) is 2.37. The van der Waals surface area contributed by atoms with Gasteiger partial charge in [0.2, 0.25) is 0 Å². The molecule has 31 heavy (non-hydrogen) atoms. The number of aryl methyl sites for hydroxylation is 1. The number of halogens is 1. The number of hydrogen-bond acceptors (Lipinski definition) is 4. The van der Waals surface area contributed by atoms with Crippen molar-refractivity contribution < 1.29 is 4.52 Å². The maximum Gasteiger partial charge on any atom is 0.194 e. The number of guanidine groups is 1. The highest BCUT2D eigenvalue weighted by molar-refractivity contribution is 14.0. The zero-order valence-corrected chi connectivity index (χ0v) is 20.7. The normalized spacial score (nSPS) is 15.2. The predicted octanol–water partition coefficient (Wildman–Crippen LogP) is 4.08. The third-order valence-electron chi connectivity index (χ3n) is 5.59. The second-order valence-corrected chi connectivity index (χ2v) is 7.82. The molecule has 0 bridgehead atoms. The highest BCUT2D eigenvalue weighted by atomic mass is 127. The van der Waals surface area contributed by atoms with Crippen LogP contribution in [-0.2, 0) is 13.0 Å². The number of nitrogens with zero attached hydrogens (tertiary/aromatic N) is 4. The molecule has 3 aromatic rings. The summed E-state index contributed by atoms with van der Waals surface area (Å²) in [7, 11) is 0. The van der Waals surface area contributed by atoms with Crippen LogP contribution < -0.4 is 5.32 Å². The Balaban J connectivity index is 0.00000272. The number of rotatable bonds is 6. The first-order valence-corrected chi connectivity index (χ1v) is 10.9. The van der Waals surface area contributed by atoms with E-state index in [-0.39, 0.29) is 24.0 Å². The molecule has 1 saturated heterocycles. The van der Waals surface area contributed by atoms with Gasteiger partial charge >= 0.3 is 0 Å². The van der Waals surface area contributed by atoms with E-state index in [2.05, 4.69) is 69.7 Å². The number of nitrogens with one attached hydrogen (secondary N) is 1. The first-order chi connectivity index (χ1) is 14.7. The number of piperazine rings is 1. The van der Waals surface area contributed by atoms with Gasteiger partial charge in [-0.25, -0.2) is 0 Å². The van der Waals surface area contributed by atoms with E-state index in [1.807, 2.05) is 13.0 Å². The lowest BCUT2D eigenvalue weighted by Crippen LogP contribution is -2.52. The maximum absolute atomic E-state index is 5.19. The molecule has 7 heteroatoms. The van der Waals surface area contributed by atoms with E-state index in [0.717, 1.165) is 69.6 Å². The molecule has 1 fully saturated rings. The summed E-state index contributed by atoms with van der Waals surface area (Å²) in [6, 6.07) is 17.1. The van der Waals surface area contributed by atoms with Crippen molar-refractivity contribution in [3.8, 4) is 0 Å². The van der Waals surface area contributed by atoms with Crippen molar-refractivity contribution in [2.24, 2.45) is 4.99 Å². The second kappa shape index (κ2) is 11.5. The summed E-state index contributed by atoms with van der Waals surface area (Å²) in [4.78, 5) is 9.73. The van der Waals surface area contributed by atoms with Crippen molar-refractivity contribution >= 4 is 40.7 Å². The molecular weight excluding hydrogens is 501 g/mol. The van der Waals surface area contributed by atoms with Gasteiger partial charge < -0.3 is 14.7 Å². The summed E-state index contributed by atoms with van der Waals surface area (Å²) in [5, 5.41) is 10.2. The van der Waals surface area contributed by atoms with E-state index in [1.165, 1.54) is 16.3 Å². The van der Waals surface area contributed by atoms with Crippen molar-refractivity contribution in [3.63, 3.8) is 0 Å². The number of fused-ring (bicyclic) bond motifs is 1. The van der Waals surface area contributed by atoms with Gasteiger partial charge in [0.25, 0.3) is 0 Å². The number of benzene rings is 2. The maximum atomic E-state index is 5.19. The Morgan fingerprint density at radius 1 is 1.10 bits per heavy atom. The van der Waals surface area contributed by atoms with Gasteiger partial charge in [-0.3, -0.25) is 9.89 Å². The zero-order valence-electron chi connectivity index (χ0n) is 18.4. The smallest absolute Gasteiger partial charge is 0.194 e. The molecule has 1 aliphatic heterocycles. The number of aromatic nitrogens is 1. The Labute approximate surface area is 201 Å². The molecule has 0 unspecified atom stereocenters. The van der Waals surface area contributed by atoms with Crippen LogP contribution in [0.4, 0.5) is 0 Å². The fourth-order valence-electron chi connectivity index (χ4n) is 4.06. The third kappa shape index (κ3) is 6.20.